The number of alkyl halides is 1. The lowest BCUT2D eigenvalue weighted by Gasteiger charge is -2.09. The molecule has 0 saturated heterocycles. The summed E-state index contributed by atoms with van der Waals surface area (Å²) in [5.74, 6) is -0.178. The first-order valence-electron chi connectivity index (χ1n) is 5.13. The van der Waals surface area contributed by atoms with E-state index in [4.69, 9.17) is 16.0 Å². The molecule has 0 radical (unpaired) electrons. The number of nitrogens with one attached hydrogen (secondary N) is 1. The van der Waals surface area contributed by atoms with Gasteiger partial charge in [0.1, 0.15) is 4.92 Å². The molecule has 0 bridgehead atoms. The molecule has 1 amide bonds. The molecule has 1 unspecified atom stereocenters. The van der Waals surface area contributed by atoms with Gasteiger partial charge >= 0.3 is 5.88 Å². The van der Waals surface area contributed by atoms with Crippen LogP contribution in [0.5, 0.6) is 0 Å². The van der Waals surface area contributed by atoms with Crippen molar-refractivity contribution in [3.63, 3.8) is 0 Å². The van der Waals surface area contributed by atoms with Crippen LogP contribution in [-0.2, 0) is 0 Å². The van der Waals surface area contributed by atoms with E-state index in [1.54, 1.807) is 0 Å². The van der Waals surface area contributed by atoms with E-state index >= 15 is 0 Å². The maximum atomic E-state index is 11.5. The standard InChI is InChI=1S/C10H13ClN2O4/c1-7(4-5-11)6-12-10(14)8-2-3-9(17-8)13(15)16/h2-3,7H,4-6H2,1H3,(H,12,14). The molecule has 0 spiro atoms. The van der Waals surface area contributed by atoms with E-state index < -0.39 is 16.7 Å². The zero-order valence-electron chi connectivity index (χ0n) is 9.31. The van der Waals surface area contributed by atoms with Gasteiger partial charge < -0.3 is 9.73 Å². The molecule has 1 aromatic heterocycles. The molecule has 0 aliphatic carbocycles. The van der Waals surface area contributed by atoms with Crippen LogP contribution in [0, 0.1) is 16.0 Å². The second-order valence-corrected chi connectivity index (χ2v) is 4.07. The molecule has 6 nitrogen and oxygen atoms in total. The van der Waals surface area contributed by atoms with Crippen molar-refractivity contribution in [2.24, 2.45) is 5.92 Å². The monoisotopic (exact) mass is 260 g/mol. The molecule has 1 N–H and O–H groups in total. The van der Waals surface area contributed by atoms with Gasteiger partial charge in [-0.1, -0.05) is 6.92 Å². The first kappa shape index (κ1) is 13.5. The highest BCUT2D eigenvalue weighted by Gasteiger charge is 2.17. The number of rotatable bonds is 6. The molecule has 17 heavy (non-hydrogen) atoms. The largest absolute Gasteiger partial charge is 0.433 e. The number of hydrogen-bond donors (Lipinski definition) is 1. The predicted molar refractivity (Wildman–Crippen MR) is 62.2 cm³/mol. The molecular formula is C10H13ClN2O4. The van der Waals surface area contributed by atoms with Crippen LogP contribution < -0.4 is 5.32 Å². The van der Waals surface area contributed by atoms with Crippen molar-refractivity contribution < 1.29 is 14.1 Å². The van der Waals surface area contributed by atoms with Crippen molar-refractivity contribution in [1.29, 1.82) is 0 Å². The maximum absolute atomic E-state index is 11.5. The number of hydrogen-bond acceptors (Lipinski definition) is 4. The number of nitrogens with zero attached hydrogens (tertiary/aromatic N) is 1. The zero-order chi connectivity index (χ0) is 12.8. The summed E-state index contributed by atoms with van der Waals surface area (Å²) < 4.78 is 4.76. The van der Waals surface area contributed by atoms with E-state index in [2.05, 4.69) is 5.32 Å². The first-order chi connectivity index (χ1) is 8.04. The highest BCUT2D eigenvalue weighted by Crippen LogP contribution is 2.15. The number of carbonyl (C=O) groups excluding carboxylic acids is 1. The number of carbonyl (C=O) groups is 1. The zero-order valence-corrected chi connectivity index (χ0v) is 10.1. The molecule has 0 aliphatic heterocycles. The van der Waals surface area contributed by atoms with Gasteiger partial charge in [0.05, 0.1) is 6.07 Å². The summed E-state index contributed by atoms with van der Waals surface area (Å²) in [5, 5.41) is 13.0. The van der Waals surface area contributed by atoms with Crippen LogP contribution >= 0.6 is 11.6 Å². The van der Waals surface area contributed by atoms with Crippen LogP contribution in [0.15, 0.2) is 16.5 Å². The topological polar surface area (TPSA) is 85.4 Å². The van der Waals surface area contributed by atoms with Crippen molar-refractivity contribution in [2.75, 3.05) is 12.4 Å². The lowest BCUT2D eigenvalue weighted by atomic mass is 10.1. The summed E-state index contributed by atoms with van der Waals surface area (Å²) in [6, 6.07) is 2.43. The van der Waals surface area contributed by atoms with E-state index in [-0.39, 0.29) is 11.7 Å². The Morgan fingerprint density at radius 1 is 1.65 bits per heavy atom. The van der Waals surface area contributed by atoms with E-state index in [0.29, 0.717) is 12.4 Å². The molecular weight excluding hydrogens is 248 g/mol. The SMILES string of the molecule is CC(CCCl)CNC(=O)c1ccc([N+](=O)[O-])o1. The second kappa shape index (κ2) is 6.24. The van der Waals surface area contributed by atoms with Crippen LogP contribution in [0.3, 0.4) is 0 Å². The van der Waals surface area contributed by atoms with Crippen molar-refractivity contribution in [1.82, 2.24) is 5.32 Å². The van der Waals surface area contributed by atoms with Crippen LogP contribution in [-0.4, -0.2) is 23.3 Å². The fourth-order valence-corrected chi connectivity index (χ4v) is 1.56. The third-order valence-corrected chi connectivity index (χ3v) is 2.43. The van der Waals surface area contributed by atoms with E-state index in [0.717, 1.165) is 12.5 Å². The van der Waals surface area contributed by atoms with Crippen LogP contribution in [0.2, 0.25) is 0 Å². The lowest BCUT2D eigenvalue weighted by molar-refractivity contribution is -0.402. The second-order valence-electron chi connectivity index (χ2n) is 3.69. The number of halogens is 1. The Bertz CT molecular complexity index is 405. The Morgan fingerprint density at radius 2 is 2.35 bits per heavy atom. The predicted octanol–water partition coefficient (Wildman–Crippen LogP) is 2.18. The Hall–Kier alpha value is -1.56. The van der Waals surface area contributed by atoms with Gasteiger partial charge in [0, 0.05) is 12.4 Å². The van der Waals surface area contributed by atoms with Crippen LogP contribution in [0.4, 0.5) is 5.88 Å². The van der Waals surface area contributed by atoms with E-state index in [1.807, 2.05) is 6.92 Å². The summed E-state index contributed by atoms with van der Waals surface area (Å²) in [7, 11) is 0. The maximum Gasteiger partial charge on any atom is 0.433 e. The average molecular weight is 261 g/mol. The number of furan rings is 1. The van der Waals surface area contributed by atoms with Crippen molar-refractivity contribution in [3.05, 3.63) is 28.0 Å². The minimum atomic E-state index is -0.688. The van der Waals surface area contributed by atoms with Crippen molar-refractivity contribution >= 4 is 23.4 Å². The number of nitro groups is 1. The van der Waals surface area contributed by atoms with Crippen molar-refractivity contribution in [3.8, 4) is 0 Å². The molecule has 1 atom stereocenters. The fourth-order valence-electron chi connectivity index (χ4n) is 1.19. The molecule has 1 rings (SSSR count). The van der Waals surface area contributed by atoms with Crippen molar-refractivity contribution in [2.45, 2.75) is 13.3 Å². The first-order valence-corrected chi connectivity index (χ1v) is 5.66. The molecule has 1 aromatic rings. The minimum absolute atomic E-state index is 0.0604. The summed E-state index contributed by atoms with van der Waals surface area (Å²) in [4.78, 5) is 21.2. The molecule has 0 aliphatic rings. The molecule has 0 fully saturated rings. The molecule has 0 saturated carbocycles. The van der Waals surface area contributed by atoms with Gasteiger partial charge in [-0.3, -0.25) is 14.9 Å². The summed E-state index contributed by atoms with van der Waals surface area (Å²) >= 11 is 5.56. The Labute approximate surface area is 103 Å². The van der Waals surface area contributed by atoms with Gasteiger partial charge in [0.25, 0.3) is 5.91 Å². The highest BCUT2D eigenvalue weighted by atomic mass is 35.5. The van der Waals surface area contributed by atoms with E-state index in [1.165, 1.54) is 6.07 Å². The number of amides is 1. The normalized spacial score (nSPS) is 12.1. The van der Waals surface area contributed by atoms with Gasteiger partial charge in [0.15, 0.2) is 5.76 Å². The fraction of sp³-hybridized carbons (Fsp3) is 0.500. The summed E-state index contributed by atoms with van der Waals surface area (Å²) in [6.45, 7) is 2.41. The van der Waals surface area contributed by atoms with Gasteiger partial charge in [-0.05, 0) is 18.4 Å². The highest BCUT2D eigenvalue weighted by molar-refractivity contribution is 6.17. The van der Waals surface area contributed by atoms with Gasteiger partial charge in [0.2, 0.25) is 0 Å². The third kappa shape index (κ3) is 4.07. The van der Waals surface area contributed by atoms with Gasteiger partial charge in [-0.2, -0.15) is 0 Å². The average Bonchev–Trinajstić information content (AvgIpc) is 2.75. The van der Waals surface area contributed by atoms with Crippen LogP contribution in [0.25, 0.3) is 0 Å². The molecule has 7 heteroatoms. The Balaban J connectivity index is 2.49. The minimum Gasteiger partial charge on any atom is -0.395 e. The van der Waals surface area contributed by atoms with E-state index in [9.17, 15) is 14.9 Å². The molecule has 1 heterocycles. The lowest BCUT2D eigenvalue weighted by Crippen LogP contribution is -2.28. The molecule has 94 valence electrons. The molecule has 0 aromatic carbocycles. The third-order valence-electron chi connectivity index (χ3n) is 2.21. The summed E-state index contributed by atoms with van der Waals surface area (Å²) in [5.41, 5.74) is 0. The van der Waals surface area contributed by atoms with Crippen LogP contribution in [0.1, 0.15) is 23.9 Å². The van der Waals surface area contributed by atoms with Gasteiger partial charge in [-0.15, -0.1) is 11.6 Å². The Kier molecular flexibility index (Phi) is 4.96. The Morgan fingerprint density at radius 3 is 2.88 bits per heavy atom. The quantitative estimate of drug-likeness (QED) is 0.483. The summed E-state index contributed by atoms with van der Waals surface area (Å²) in [6.07, 6.45) is 0.792. The van der Waals surface area contributed by atoms with Gasteiger partial charge in [-0.25, -0.2) is 0 Å². The smallest absolute Gasteiger partial charge is 0.395 e.